The lowest BCUT2D eigenvalue weighted by Crippen LogP contribution is -2.02. The highest BCUT2D eigenvalue weighted by molar-refractivity contribution is 6.31. The van der Waals surface area contributed by atoms with E-state index in [-0.39, 0.29) is 17.1 Å². The van der Waals surface area contributed by atoms with Crippen molar-refractivity contribution >= 4 is 34.4 Å². The van der Waals surface area contributed by atoms with Crippen LogP contribution in [0.2, 0.25) is 5.02 Å². The highest BCUT2D eigenvalue weighted by Crippen LogP contribution is 2.38. The van der Waals surface area contributed by atoms with Gasteiger partial charge in [-0.1, -0.05) is 17.7 Å². The Balaban J connectivity index is 2.59. The molecule has 0 aliphatic heterocycles. The number of hydrogen-bond acceptors (Lipinski definition) is 5. The average molecular weight is 322 g/mol. The molecule has 2 aromatic carbocycles. The minimum Gasteiger partial charge on any atom is -0.344 e. The molecule has 0 heterocycles. The zero-order chi connectivity index (χ0) is 16.4. The number of nitro benzene ring substituents is 2. The minimum atomic E-state index is -0.655. The monoisotopic (exact) mass is 321 g/mol. The van der Waals surface area contributed by atoms with Crippen molar-refractivity contribution in [2.45, 2.75) is 13.8 Å². The summed E-state index contributed by atoms with van der Waals surface area (Å²) in [5.74, 6) is 0. The van der Waals surface area contributed by atoms with Crippen molar-refractivity contribution in [3.63, 3.8) is 0 Å². The molecule has 0 radical (unpaired) electrons. The molecule has 7 nitrogen and oxygen atoms in total. The molecule has 2 aromatic rings. The standard InChI is InChI=1S/C14H12ClN3O4/c1-8-5-12(17(19)20)14(13(6-8)18(21)22)16-10-4-3-9(2)11(15)7-10/h3-7,16H,1-2H3. The van der Waals surface area contributed by atoms with Gasteiger partial charge in [0.1, 0.15) is 0 Å². The molecule has 8 heteroatoms. The molecule has 0 saturated carbocycles. The van der Waals surface area contributed by atoms with Crippen molar-refractivity contribution in [2.75, 3.05) is 5.32 Å². The van der Waals surface area contributed by atoms with E-state index >= 15 is 0 Å². The summed E-state index contributed by atoms with van der Waals surface area (Å²) < 4.78 is 0. The van der Waals surface area contributed by atoms with Crippen molar-refractivity contribution in [3.8, 4) is 0 Å². The van der Waals surface area contributed by atoms with E-state index in [2.05, 4.69) is 5.32 Å². The van der Waals surface area contributed by atoms with Gasteiger partial charge < -0.3 is 5.32 Å². The van der Waals surface area contributed by atoms with Gasteiger partial charge in [0, 0.05) is 22.8 Å². The summed E-state index contributed by atoms with van der Waals surface area (Å²) in [6, 6.07) is 7.49. The molecule has 2 rings (SSSR count). The molecule has 114 valence electrons. The van der Waals surface area contributed by atoms with Crippen LogP contribution in [0.3, 0.4) is 0 Å². The van der Waals surface area contributed by atoms with Crippen molar-refractivity contribution in [2.24, 2.45) is 0 Å². The third-order valence-corrected chi connectivity index (χ3v) is 3.48. The van der Waals surface area contributed by atoms with Gasteiger partial charge in [0.15, 0.2) is 5.69 Å². The molecule has 22 heavy (non-hydrogen) atoms. The van der Waals surface area contributed by atoms with E-state index in [0.717, 1.165) is 5.56 Å². The number of nitrogens with one attached hydrogen (secondary N) is 1. The second kappa shape index (κ2) is 5.98. The maximum atomic E-state index is 11.2. The Morgan fingerprint density at radius 3 is 2.00 bits per heavy atom. The van der Waals surface area contributed by atoms with E-state index in [1.807, 2.05) is 6.92 Å². The lowest BCUT2D eigenvalue weighted by Gasteiger charge is -2.10. The molecule has 1 N–H and O–H groups in total. The molecule has 0 bridgehead atoms. The van der Waals surface area contributed by atoms with Crippen LogP contribution < -0.4 is 5.32 Å². The predicted octanol–water partition coefficient (Wildman–Crippen LogP) is 4.52. The summed E-state index contributed by atoms with van der Waals surface area (Å²) in [6.45, 7) is 3.37. The Hall–Kier alpha value is -2.67. The zero-order valence-electron chi connectivity index (χ0n) is 11.8. The summed E-state index contributed by atoms with van der Waals surface area (Å²) in [6.07, 6.45) is 0. The molecule has 0 unspecified atom stereocenters. The molecule has 0 aliphatic rings. The molecule has 0 aromatic heterocycles. The number of nitro groups is 2. The van der Waals surface area contributed by atoms with Gasteiger partial charge in [0.05, 0.1) is 9.85 Å². The number of benzene rings is 2. The van der Waals surface area contributed by atoms with E-state index in [1.54, 1.807) is 25.1 Å². The maximum Gasteiger partial charge on any atom is 0.300 e. The number of aryl methyl sites for hydroxylation is 2. The van der Waals surface area contributed by atoms with Crippen LogP contribution >= 0.6 is 11.6 Å². The van der Waals surface area contributed by atoms with E-state index in [4.69, 9.17) is 11.6 Å². The van der Waals surface area contributed by atoms with Crippen LogP contribution in [0.4, 0.5) is 22.7 Å². The predicted molar refractivity (Wildman–Crippen MR) is 84.0 cm³/mol. The normalized spacial score (nSPS) is 10.3. The van der Waals surface area contributed by atoms with Crippen LogP contribution in [0.5, 0.6) is 0 Å². The van der Waals surface area contributed by atoms with Gasteiger partial charge in [-0.05, 0) is 37.1 Å². The molecule has 0 aliphatic carbocycles. The summed E-state index contributed by atoms with van der Waals surface area (Å²) >= 11 is 6.00. The van der Waals surface area contributed by atoms with Crippen LogP contribution in [0, 0.1) is 34.1 Å². The van der Waals surface area contributed by atoms with Gasteiger partial charge in [-0.25, -0.2) is 0 Å². The van der Waals surface area contributed by atoms with Crippen molar-refractivity contribution in [3.05, 3.63) is 66.7 Å². The van der Waals surface area contributed by atoms with E-state index < -0.39 is 9.85 Å². The fourth-order valence-corrected chi connectivity index (χ4v) is 2.16. The summed E-state index contributed by atoms with van der Waals surface area (Å²) in [5.41, 5.74) is 0.823. The van der Waals surface area contributed by atoms with Crippen LogP contribution in [-0.4, -0.2) is 9.85 Å². The topological polar surface area (TPSA) is 98.3 Å². The minimum absolute atomic E-state index is 0.166. The fraction of sp³-hybridized carbons (Fsp3) is 0.143. The molecule has 0 spiro atoms. The first-order valence-corrected chi connectivity index (χ1v) is 6.64. The molecule has 0 fully saturated rings. The first-order valence-electron chi connectivity index (χ1n) is 6.26. The SMILES string of the molecule is Cc1cc([N+](=O)[O-])c(Nc2ccc(C)c(Cl)c2)c([N+](=O)[O-])c1. The van der Waals surface area contributed by atoms with Crippen molar-refractivity contribution < 1.29 is 9.85 Å². The first-order chi connectivity index (χ1) is 10.3. The van der Waals surface area contributed by atoms with Crippen LogP contribution in [0.15, 0.2) is 30.3 Å². The average Bonchev–Trinajstić information content (AvgIpc) is 2.43. The lowest BCUT2D eigenvalue weighted by atomic mass is 10.1. The Morgan fingerprint density at radius 1 is 1.00 bits per heavy atom. The van der Waals surface area contributed by atoms with Crippen molar-refractivity contribution in [1.82, 2.24) is 0 Å². The van der Waals surface area contributed by atoms with E-state index in [9.17, 15) is 20.2 Å². The van der Waals surface area contributed by atoms with E-state index in [1.165, 1.54) is 12.1 Å². The van der Waals surface area contributed by atoms with Crippen LogP contribution in [0.25, 0.3) is 0 Å². The third kappa shape index (κ3) is 3.15. The largest absolute Gasteiger partial charge is 0.344 e. The van der Waals surface area contributed by atoms with Gasteiger partial charge in [-0.15, -0.1) is 0 Å². The quantitative estimate of drug-likeness (QED) is 0.659. The maximum absolute atomic E-state index is 11.2. The Morgan fingerprint density at radius 2 is 1.55 bits per heavy atom. The summed E-state index contributed by atoms with van der Waals surface area (Å²) in [4.78, 5) is 21.0. The Labute approximate surface area is 130 Å². The van der Waals surface area contributed by atoms with Gasteiger partial charge in [0.2, 0.25) is 0 Å². The third-order valence-electron chi connectivity index (χ3n) is 3.08. The van der Waals surface area contributed by atoms with Gasteiger partial charge >= 0.3 is 0 Å². The van der Waals surface area contributed by atoms with Crippen LogP contribution in [-0.2, 0) is 0 Å². The second-order valence-electron chi connectivity index (χ2n) is 4.78. The van der Waals surface area contributed by atoms with Gasteiger partial charge in [0.25, 0.3) is 11.4 Å². The first kappa shape index (κ1) is 15.7. The molecular formula is C14H12ClN3O4. The molecule has 0 amide bonds. The molecule has 0 saturated heterocycles. The van der Waals surface area contributed by atoms with Crippen molar-refractivity contribution in [1.29, 1.82) is 0 Å². The summed E-state index contributed by atoms with van der Waals surface area (Å²) in [5, 5.41) is 25.5. The highest BCUT2D eigenvalue weighted by atomic mass is 35.5. The Kier molecular flexibility index (Phi) is 4.27. The number of rotatable bonds is 4. The van der Waals surface area contributed by atoms with Gasteiger partial charge in [-0.3, -0.25) is 20.2 Å². The summed E-state index contributed by atoms with van der Waals surface area (Å²) in [7, 11) is 0. The Bertz CT molecular complexity index is 742. The molecular weight excluding hydrogens is 310 g/mol. The number of nitrogens with zero attached hydrogens (tertiary/aromatic N) is 2. The number of halogens is 1. The second-order valence-corrected chi connectivity index (χ2v) is 5.19. The number of hydrogen-bond donors (Lipinski definition) is 1. The highest BCUT2D eigenvalue weighted by Gasteiger charge is 2.26. The zero-order valence-corrected chi connectivity index (χ0v) is 12.5. The lowest BCUT2D eigenvalue weighted by molar-refractivity contribution is -0.392. The number of anilines is 2. The smallest absolute Gasteiger partial charge is 0.300 e. The fourth-order valence-electron chi connectivity index (χ4n) is 1.98. The van der Waals surface area contributed by atoms with Crippen LogP contribution in [0.1, 0.15) is 11.1 Å². The molecule has 0 atom stereocenters. The van der Waals surface area contributed by atoms with Gasteiger partial charge in [-0.2, -0.15) is 0 Å². The van der Waals surface area contributed by atoms with E-state index in [0.29, 0.717) is 16.3 Å².